The third-order valence-electron chi connectivity index (χ3n) is 4.48. The predicted octanol–water partition coefficient (Wildman–Crippen LogP) is 0.596. The van der Waals surface area contributed by atoms with Gasteiger partial charge in [0, 0.05) is 11.3 Å². The number of halogens is 1. The first-order valence-electron chi connectivity index (χ1n) is 7.82. The van der Waals surface area contributed by atoms with Gasteiger partial charge in [0.05, 0.1) is 5.92 Å². The summed E-state index contributed by atoms with van der Waals surface area (Å²) in [6, 6.07) is 11.7. The number of carbonyl (C=O) groups excluding carboxylic acids is 1. The van der Waals surface area contributed by atoms with Crippen molar-refractivity contribution in [3.05, 3.63) is 65.0 Å². The number of amides is 1. The minimum Gasteiger partial charge on any atom is -0.369 e. The molecule has 25 heavy (non-hydrogen) atoms. The van der Waals surface area contributed by atoms with E-state index in [1.165, 1.54) is 12.1 Å². The Morgan fingerprint density at radius 2 is 1.96 bits per heavy atom. The van der Waals surface area contributed by atoms with Crippen LogP contribution < -0.4 is 27.6 Å². The molecule has 0 aromatic heterocycles. The minimum absolute atomic E-state index is 0.126. The monoisotopic (exact) mass is 340 g/mol. The van der Waals surface area contributed by atoms with Gasteiger partial charge in [0.25, 0.3) is 0 Å². The topological polar surface area (TPSA) is 118 Å². The van der Waals surface area contributed by atoms with Gasteiger partial charge in [-0.2, -0.15) is 5.43 Å². The number of nitrogens with two attached hydrogens (primary N) is 2. The molecule has 2 aromatic rings. The van der Waals surface area contributed by atoms with Crippen molar-refractivity contribution in [3.63, 3.8) is 0 Å². The van der Waals surface area contributed by atoms with Gasteiger partial charge in [-0.1, -0.05) is 24.3 Å². The Kier molecular flexibility index (Phi) is 3.45. The van der Waals surface area contributed by atoms with Gasteiger partial charge < -0.3 is 11.1 Å². The molecule has 2 aliphatic rings. The first-order valence-corrected chi connectivity index (χ1v) is 7.82. The van der Waals surface area contributed by atoms with E-state index in [9.17, 15) is 9.18 Å². The molecule has 2 unspecified atom stereocenters. The number of rotatable bonds is 3. The van der Waals surface area contributed by atoms with Gasteiger partial charge in [0.1, 0.15) is 5.82 Å². The second-order valence-electron chi connectivity index (χ2n) is 6.19. The van der Waals surface area contributed by atoms with Crippen molar-refractivity contribution in [1.82, 2.24) is 10.9 Å². The molecule has 2 atom stereocenters. The number of hydrogen-bond donors (Lipinski definition) is 5. The third-order valence-corrected chi connectivity index (χ3v) is 4.48. The van der Waals surface area contributed by atoms with Crippen LogP contribution in [0.3, 0.4) is 0 Å². The highest BCUT2D eigenvalue weighted by Crippen LogP contribution is 2.35. The lowest BCUT2D eigenvalue weighted by Crippen LogP contribution is -2.50. The summed E-state index contributed by atoms with van der Waals surface area (Å²) < 4.78 is 13.5. The highest BCUT2D eigenvalue weighted by atomic mass is 19.1. The van der Waals surface area contributed by atoms with Crippen molar-refractivity contribution in [2.24, 2.45) is 16.5 Å². The van der Waals surface area contributed by atoms with Crippen LogP contribution in [-0.2, 0) is 17.0 Å². The Morgan fingerprint density at radius 1 is 1.20 bits per heavy atom. The van der Waals surface area contributed by atoms with Crippen LogP contribution in [0.15, 0.2) is 47.5 Å². The average Bonchev–Trinajstić information content (AvgIpc) is 3.09. The highest BCUT2D eigenvalue weighted by molar-refractivity contribution is 6.03. The number of hydrogen-bond acceptors (Lipinski definition) is 6. The van der Waals surface area contributed by atoms with E-state index in [1.54, 1.807) is 6.07 Å². The Balaban J connectivity index is 1.57. The molecule has 7 nitrogen and oxygen atoms in total. The number of aliphatic imine (C=N–C) groups is 1. The predicted molar refractivity (Wildman–Crippen MR) is 91.7 cm³/mol. The van der Waals surface area contributed by atoms with Crippen LogP contribution in [0.5, 0.6) is 0 Å². The summed E-state index contributed by atoms with van der Waals surface area (Å²) >= 11 is 0. The number of nitrogens with zero attached hydrogens (tertiary/aromatic N) is 1. The van der Waals surface area contributed by atoms with Crippen LogP contribution in [0.4, 0.5) is 10.1 Å². The van der Waals surface area contributed by atoms with Crippen LogP contribution in [0.25, 0.3) is 0 Å². The van der Waals surface area contributed by atoms with Crippen LogP contribution in [0, 0.1) is 5.82 Å². The van der Waals surface area contributed by atoms with E-state index in [4.69, 9.17) is 11.5 Å². The van der Waals surface area contributed by atoms with E-state index in [1.807, 2.05) is 24.3 Å². The Bertz CT molecular complexity index is 881. The zero-order valence-electron chi connectivity index (χ0n) is 13.2. The fourth-order valence-electron chi connectivity index (χ4n) is 3.17. The zero-order chi connectivity index (χ0) is 17.6. The minimum atomic E-state index is -1.12. The smallest absolute Gasteiger partial charge is 0.232 e. The molecular weight excluding hydrogens is 323 g/mol. The first-order chi connectivity index (χ1) is 11.9. The van der Waals surface area contributed by atoms with Gasteiger partial charge in [0.15, 0.2) is 0 Å². The van der Waals surface area contributed by atoms with Gasteiger partial charge in [-0.3, -0.25) is 16.0 Å². The molecule has 8 heteroatoms. The lowest BCUT2D eigenvalue weighted by molar-refractivity contribution is -0.117. The van der Waals surface area contributed by atoms with E-state index in [-0.39, 0.29) is 17.7 Å². The second-order valence-corrected chi connectivity index (χ2v) is 6.19. The maximum atomic E-state index is 13.5. The molecule has 2 aliphatic heterocycles. The Hall–Kier alpha value is -2.97. The van der Waals surface area contributed by atoms with Crippen molar-refractivity contribution >= 4 is 17.6 Å². The molecule has 1 amide bonds. The number of hydrazine groups is 1. The van der Waals surface area contributed by atoms with Crippen molar-refractivity contribution < 1.29 is 9.18 Å². The molecule has 0 spiro atoms. The maximum absolute atomic E-state index is 13.5. The van der Waals surface area contributed by atoms with Crippen LogP contribution >= 0.6 is 0 Å². The number of guanidine groups is 1. The normalized spacial score (nSPS) is 24.5. The number of nitrogens with one attached hydrogen (secondary N) is 3. The number of benzene rings is 2. The number of anilines is 1. The van der Waals surface area contributed by atoms with Gasteiger partial charge in [-0.05, 0) is 35.7 Å². The lowest BCUT2D eigenvalue weighted by Gasteiger charge is -2.21. The molecule has 0 aliphatic carbocycles. The molecule has 0 saturated carbocycles. The SMILES string of the molecule is NC1=NC(N)(c2ccc(CC3C(=O)Nc4ccc(F)cc43)cc2)NN1. The third kappa shape index (κ3) is 2.71. The lowest BCUT2D eigenvalue weighted by atomic mass is 9.92. The second kappa shape index (κ2) is 5.54. The fraction of sp³-hybridized carbons (Fsp3) is 0.176. The quantitative estimate of drug-likeness (QED) is 0.561. The average molecular weight is 340 g/mol. The van der Waals surface area contributed by atoms with E-state index in [2.05, 4.69) is 21.2 Å². The van der Waals surface area contributed by atoms with E-state index >= 15 is 0 Å². The van der Waals surface area contributed by atoms with Crippen molar-refractivity contribution in [2.45, 2.75) is 18.1 Å². The first kappa shape index (κ1) is 15.6. The van der Waals surface area contributed by atoms with Crippen molar-refractivity contribution in [2.75, 3.05) is 5.32 Å². The molecule has 0 radical (unpaired) electrons. The summed E-state index contributed by atoms with van der Waals surface area (Å²) in [5, 5.41) is 2.79. The van der Waals surface area contributed by atoms with Gasteiger partial charge >= 0.3 is 0 Å². The summed E-state index contributed by atoms with van der Waals surface area (Å²) in [7, 11) is 0. The Labute approximate surface area is 143 Å². The zero-order valence-corrected chi connectivity index (χ0v) is 13.2. The summed E-state index contributed by atoms with van der Waals surface area (Å²) in [5.41, 5.74) is 20.2. The van der Waals surface area contributed by atoms with E-state index in [0.29, 0.717) is 17.7 Å². The Morgan fingerprint density at radius 3 is 2.64 bits per heavy atom. The van der Waals surface area contributed by atoms with Gasteiger partial charge in [-0.15, -0.1) is 0 Å². The summed E-state index contributed by atoms with van der Waals surface area (Å²) in [5.74, 6) is -1.80. The van der Waals surface area contributed by atoms with Crippen molar-refractivity contribution in [1.29, 1.82) is 0 Å². The molecule has 128 valence electrons. The molecular formula is C17H17FN6O. The molecule has 0 fully saturated rings. The molecule has 2 heterocycles. The molecule has 7 N–H and O–H groups in total. The summed E-state index contributed by atoms with van der Waals surface area (Å²) in [6.45, 7) is 0. The maximum Gasteiger partial charge on any atom is 0.232 e. The van der Waals surface area contributed by atoms with Crippen LogP contribution in [-0.4, -0.2) is 11.9 Å². The standard InChI is InChI=1S/C17H17FN6O/c18-11-5-6-14-12(8-11)13(15(25)21-14)7-9-1-3-10(4-2-9)17(20)22-16(19)23-24-17/h1-6,8,13,24H,7,20H2,(H,21,25)(H3,19,22,23). The summed E-state index contributed by atoms with van der Waals surface area (Å²) in [6.07, 6.45) is 0.469. The van der Waals surface area contributed by atoms with E-state index in [0.717, 1.165) is 11.1 Å². The van der Waals surface area contributed by atoms with Crippen LogP contribution in [0.2, 0.25) is 0 Å². The summed E-state index contributed by atoms with van der Waals surface area (Å²) in [4.78, 5) is 16.3. The number of carbonyl (C=O) groups is 1. The van der Waals surface area contributed by atoms with Gasteiger partial charge in [0.2, 0.25) is 17.7 Å². The number of fused-ring (bicyclic) bond motifs is 1. The van der Waals surface area contributed by atoms with E-state index < -0.39 is 11.7 Å². The largest absolute Gasteiger partial charge is 0.369 e. The highest BCUT2D eigenvalue weighted by Gasteiger charge is 2.33. The molecule has 0 saturated heterocycles. The molecule has 4 rings (SSSR count). The fourth-order valence-corrected chi connectivity index (χ4v) is 3.17. The van der Waals surface area contributed by atoms with Crippen LogP contribution in [0.1, 0.15) is 22.6 Å². The van der Waals surface area contributed by atoms with Gasteiger partial charge in [-0.25, -0.2) is 9.38 Å². The molecule has 0 bridgehead atoms. The molecule has 2 aromatic carbocycles. The van der Waals surface area contributed by atoms with Crippen molar-refractivity contribution in [3.8, 4) is 0 Å².